The van der Waals surface area contributed by atoms with E-state index in [2.05, 4.69) is 67.5 Å². The SMILES string of the molecule is CC1=CCC(C(C)(C)OC(=O)O[C@H]2CC[C@@]3(C)C(=CC[C@H]4[C@@H]5CC[C@H]([C@H](C)CCCC(C)C)[C@@]5(C)CC[C@@H]43)C2)CC1. The third kappa shape index (κ3) is 6.22. The molecule has 9 atom stereocenters. The predicted octanol–water partition coefficient (Wildman–Crippen LogP) is 11.1. The van der Waals surface area contributed by atoms with Crippen molar-refractivity contribution in [2.45, 2.75) is 157 Å². The first-order chi connectivity index (χ1) is 19.3. The Labute approximate surface area is 252 Å². The van der Waals surface area contributed by atoms with Crippen molar-refractivity contribution in [2.24, 2.45) is 52.3 Å². The number of fused-ring (bicyclic) bond motifs is 5. The van der Waals surface area contributed by atoms with Gasteiger partial charge in [-0.25, -0.2) is 4.79 Å². The first-order valence-corrected chi connectivity index (χ1v) is 17.6. The Morgan fingerprint density at radius 3 is 2.46 bits per heavy atom. The number of ether oxygens (including phenoxy) is 2. The summed E-state index contributed by atoms with van der Waals surface area (Å²) in [5.41, 5.74) is 3.35. The van der Waals surface area contributed by atoms with Crippen LogP contribution in [-0.4, -0.2) is 17.9 Å². The van der Waals surface area contributed by atoms with Gasteiger partial charge in [0.15, 0.2) is 0 Å². The Morgan fingerprint density at radius 1 is 0.976 bits per heavy atom. The molecule has 5 aliphatic carbocycles. The number of hydrogen-bond donors (Lipinski definition) is 0. The summed E-state index contributed by atoms with van der Waals surface area (Å²) >= 11 is 0. The van der Waals surface area contributed by atoms with Gasteiger partial charge in [0.1, 0.15) is 11.7 Å². The lowest BCUT2D eigenvalue weighted by molar-refractivity contribution is -0.0794. The Bertz CT molecular complexity index is 1000. The molecule has 0 aliphatic heterocycles. The van der Waals surface area contributed by atoms with E-state index in [1.165, 1.54) is 56.9 Å². The zero-order valence-electron chi connectivity index (χ0n) is 27.9. The average molecular weight is 567 g/mol. The van der Waals surface area contributed by atoms with Crippen LogP contribution in [0, 0.1) is 52.3 Å². The fraction of sp³-hybridized carbons (Fsp3) is 0.868. The number of allylic oxidation sites excluding steroid dienone is 3. The number of carbonyl (C=O) groups is 1. The molecule has 3 heteroatoms. The molecule has 3 saturated carbocycles. The van der Waals surface area contributed by atoms with Gasteiger partial charge in [0.05, 0.1) is 0 Å². The minimum Gasteiger partial charge on any atom is -0.431 e. The van der Waals surface area contributed by atoms with Crippen LogP contribution < -0.4 is 0 Å². The quantitative estimate of drug-likeness (QED) is 0.216. The minimum atomic E-state index is -0.491. The maximum Gasteiger partial charge on any atom is 0.509 e. The highest BCUT2D eigenvalue weighted by Gasteiger charge is 2.59. The van der Waals surface area contributed by atoms with Crippen molar-refractivity contribution >= 4 is 6.16 Å². The van der Waals surface area contributed by atoms with Crippen molar-refractivity contribution < 1.29 is 14.3 Å². The Morgan fingerprint density at radius 2 is 1.76 bits per heavy atom. The van der Waals surface area contributed by atoms with Crippen LogP contribution >= 0.6 is 0 Å². The maximum atomic E-state index is 13.0. The van der Waals surface area contributed by atoms with Crippen molar-refractivity contribution in [3.8, 4) is 0 Å². The highest BCUT2D eigenvalue weighted by molar-refractivity contribution is 5.61. The molecule has 3 nitrogen and oxygen atoms in total. The van der Waals surface area contributed by atoms with Gasteiger partial charge in [-0.2, -0.15) is 0 Å². The van der Waals surface area contributed by atoms with Crippen molar-refractivity contribution in [1.29, 1.82) is 0 Å². The fourth-order valence-electron chi connectivity index (χ4n) is 10.8. The predicted molar refractivity (Wildman–Crippen MR) is 170 cm³/mol. The van der Waals surface area contributed by atoms with Gasteiger partial charge < -0.3 is 9.47 Å². The lowest BCUT2D eigenvalue weighted by atomic mass is 9.47. The lowest BCUT2D eigenvalue weighted by Crippen LogP contribution is -2.51. The molecule has 0 aromatic rings. The van der Waals surface area contributed by atoms with E-state index >= 15 is 0 Å². The molecule has 0 aromatic heterocycles. The highest BCUT2D eigenvalue weighted by Crippen LogP contribution is 2.67. The van der Waals surface area contributed by atoms with Crippen LogP contribution in [0.25, 0.3) is 0 Å². The molecule has 0 radical (unpaired) electrons. The Hall–Kier alpha value is -1.25. The van der Waals surface area contributed by atoms with Crippen molar-refractivity contribution in [3.63, 3.8) is 0 Å². The summed E-state index contributed by atoms with van der Waals surface area (Å²) in [6, 6.07) is 0. The van der Waals surface area contributed by atoms with Gasteiger partial charge in [0.2, 0.25) is 0 Å². The van der Waals surface area contributed by atoms with E-state index in [1.54, 1.807) is 5.57 Å². The first kappa shape index (κ1) is 31.2. The summed E-state index contributed by atoms with van der Waals surface area (Å²) in [6.07, 6.45) is 21.7. The van der Waals surface area contributed by atoms with Crippen LogP contribution in [0.4, 0.5) is 4.79 Å². The molecule has 0 aromatic carbocycles. The van der Waals surface area contributed by atoms with E-state index < -0.39 is 11.8 Å². The molecule has 0 bridgehead atoms. The standard InChI is InChI=1S/C38H62O3/c1-25(2)10-9-11-27(4)32-18-19-33-31-17-16-29-24-30(20-22-37(29,7)34(31)21-23-38(32,33)8)40-35(39)41-36(5,6)28-14-12-26(3)13-15-28/h12,16,25,27-28,30-34H,9-11,13-15,17-24H2,1-8H3/t27-,28?,30+,31+,32-,33+,34+,37+,38-/m1/s1. The molecule has 3 fully saturated rings. The van der Waals surface area contributed by atoms with Gasteiger partial charge in [-0.3, -0.25) is 0 Å². The highest BCUT2D eigenvalue weighted by atomic mass is 16.7. The molecule has 0 saturated heterocycles. The van der Waals surface area contributed by atoms with Crippen molar-refractivity contribution in [2.75, 3.05) is 0 Å². The zero-order valence-corrected chi connectivity index (χ0v) is 27.9. The van der Waals surface area contributed by atoms with Gasteiger partial charge in [-0.1, -0.05) is 77.2 Å². The molecule has 0 heterocycles. The van der Waals surface area contributed by atoms with E-state index in [0.29, 0.717) is 11.3 Å². The fourth-order valence-corrected chi connectivity index (χ4v) is 10.8. The van der Waals surface area contributed by atoms with E-state index in [0.717, 1.165) is 74.0 Å². The van der Waals surface area contributed by atoms with Gasteiger partial charge >= 0.3 is 6.16 Å². The van der Waals surface area contributed by atoms with Gasteiger partial charge in [-0.15, -0.1) is 0 Å². The van der Waals surface area contributed by atoms with Crippen LogP contribution in [0.3, 0.4) is 0 Å². The largest absolute Gasteiger partial charge is 0.509 e. The van der Waals surface area contributed by atoms with E-state index in [9.17, 15) is 4.79 Å². The van der Waals surface area contributed by atoms with Gasteiger partial charge in [-0.05, 0) is 131 Å². The van der Waals surface area contributed by atoms with Gasteiger partial charge in [0.25, 0.3) is 0 Å². The number of rotatable bonds is 8. The van der Waals surface area contributed by atoms with E-state index in [4.69, 9.17) is 9.47 Å². The molecule has 0 spiro atoms. The summed E-state index contributed by atoms with van der Waals surface area (Å²) < 4.78 is 12.0. The monoisotopic (exact) mass is 566 g/mol. The Balaban J connectivity index is 1.19. The normalized spacial score (nSPS) is 39.6. The second-order valence-electron chi connectivity index (χ2n) is 16.7. The molecule has 1 unspecified atom stereocenters. The van der Waals surface area contributed by atoms with Crippen LogP contribution in [0.2, 0.25) is 0 Å². The summed E-state index contributed by atoms with van der Waals surface area (Å²) in [5.74, 6) is 5.49. The molecule has 5 aliphatic rings. The van der Waals surface area contributed by atoms with Crippen molar-refractivity contribution in [3.05, 3.63) is 23.3 Å². The first-order valence-electron chi connectivity index (χ1n) is 17.6. The van der Waals surface area contributed by atoms with Crippen molar-refractivity contribution in [1.82, 2.24) is 0 Å². The molecular weight excluding hydrogens is 504 g/mol. The molecule has 232 valence electrons. The third-order valence-corrected chi connectivity index (χ3v) is 13.5. The summed E-state index contributed by atoms with van der Waals surface area (Å²) in [4.78, 5) is 13.0. The summed E-state index contributed by atoms with van der Waals surface area (Å²) in [5, 5.41) is 0. The van der Waals surface area contributed by atoms with Crippen LogP contribution in [0.5, 0.6) is 0 Å². The third-order valence-electron chi connectivity index (χ3n) is 13.5. The summed E-state index contributed by atoms with van der Waals surface area (Å²) in [6.45, 7) is 18.9. The van der Waals surface area contributed by atoms with E-state index in [-0.39, 0.29) is 11.5 Å². The molecule has 41 heavy (non-hydrogen) atoms. The molecule has 0 N–H and O–H groups in total. The number of carbonyl (C=O) groups excluding carboxylic acids is 1. The summed E-state index contributed by atoms with van der Waals surface area (Å²) in [7, 11) is 0. The lowest BCUT2D eigenvalue weighted by Gasteiger charge is -2.58. The molecule has 0 amide bonds. The van der Waals surface area contributed by atoms with E-state index in [1.807, 2.05) is 0 Å². The smallest absolute Gasteiger partial charge is 0.431 e. The van der Waals surface area contributed by atoms with Crippen LogP contribution in [-0.2, 0) is 9.47 Å². The number of hydrogen-bond acceptors (Lipinski definition) is 3. The van der Waals surface area contributed by atoms with Crippen LogP contribution in [0.1, 0.15) is 145 Å². The average Bonchev–Trinajstić information content (AvgIpc) is 3.26. The molecule has 5 rings (SSSR count). The van der Waals surface area contributed by atoms with Gasteiger partial charge in [0, 0.05) is 12.3 Å². The van der Waals surface area contributed by atoms with Crippen LogP contribution in [0.15, 0.2) is 23.3 Å². The Kier molecular flexibility index (Phi) is 9.15. The minimum absolute atomic E-state index is 0.0425. The zero-order chi connectivity index (χ0) is 29.6. The second kappa shape index (κ2) is 12.0. The molecular formula is C38H62O3. The maximum absolute atomic E-state index is 13.0. The second-order valence-corrected chi connectivity index (χ2v) is 16.7. The topological polar surface area (TPSA) is 35.5 Å².